The molecule has 0 saturated heterocycles. The molecule has 5 heteroatoms. The van der Waals surface area contributed by atoms with Crippen LogP contribution in [-0.2, 0) is 0 Å². The lowest BCUT2D eigenvalue weighted by molar-refractivity contribution is 0.111. The van der Waals surface area contributed by atoms with Gasteiger partial charge in [-0.05, 0) is 0 Å². The summed E-state index contributed by atoms with van der Waals surface area (Å²) in [5.41, 5.74) is 0. The van der Waals surface area contributed by atoms with E-state index in [-0.39, 0.29) is 5.82 Å². The molecule has 0 bridgehead atoms. The Bertz CT molecular complexity index is 213. The second-order valence-electron chi connectivity index (χ2n) is 1.41. The number of hydrogen-bond donors (Lipinski definition) is 3. The summed E-state index contributed by atoms with van der Waals surface area (Å²) in [5.74, 6) is 0.255. The van der Waals surface area contributed by atoms with Gasteiger partial charge in [0.2, 0.25) is 0 Å². The molecule has 0 amide bonds. The van der Waals surface area contributed by atoms with Crippen LogP contribution in [-0.4, -0.2) is 16.3 Å². The summed E-state index contributed by atoms with van der Waals surface area (Å²) in [6.07, 6.45) is 0.611. The van der Waals surface area contributed by atoms with Crippen LogP contribution in [0.5, 0.6) is 0 Å². The van der Waals surface area contributed by atoms with Gasteiger partial charge in [-0.25, -0.2) is 4.98 Å². The molecule has 1 heterocycles. The molecule has 0 fully saturated rings. The molecule has 9 heavy (non-hydrogen) atoms. The molecule has 0 aliphatic carbocycles. The van der Waals surface area contributed by atoms with E-state index in [9.17, 15) is 4.79 Å². The Kier molecular flexibility index (Phi) is 1.82. The van der Waals surface area contributed by atoms with Gasteiger partial charge in [-0.3, -0.25) is 4.79 Å². The predicted octanol–water partition coefficient (Wildman–Crippen LogP) is 0.800. The number of H-pyrrole nitrogens is 1. The zero-order valence-electron chi connectivity index (χ0n) is 4.33. The Hall–Kier alpha value is -0.420. The highest BCUT2D eigenvalue weighted by Gasteiger charge is 1.99. The summed E-state index contributed by atoms with van der Waals surface area (Å²) in [6.45, 7) is 0. The molecule has 0 saturated carbocycles. The minimum Gasteiger partial charge on any atom is -0.330 e. The Labute approximate surface area is 62.7 Å². The van der Waals surface area contributed by atoms with Gasteiger partial charge in [-0.2, -0.15) is 0 Å². The molecule has 1 aromatic rings. The molecule has 0 unspecified atom stereocenters. The lowest BCUT2D eigenvalue weighted by atomic mass is 10.7. The molecule has 48 valence electrons. The third-order valence-electron chi connectivity index (χ3n) is 0.796. The Morgan fingerprint density at radius 3 is 2.44 bits per heavy atom. The van der Waals surface area contributed by atoms with Crippen molar-refractivity contribution < 1.29 is 4.79 Å². The van der Waals surface area contributed by atoms with E-state index in [0.717, 1.165) is 0 Å². The van der Waals surface area contributed by atoms with Crippen molar-refractivity contribution in [3.63, 3.8) is 0 Å². The second-order valence-corrected chi connectivity index (χ2v) is 2.28. The summed E-state index contributed by atoms with van der Waals surface area (Å²) >= 11 is 7.81. The van der Waals surface area contributed by atoms with Gasteiger partial charge < -0.3 is 4.98 Å². The van der Waals surface area contributed by atoms with Gasteiger partial charge in [-0.15, -0.1) is 25.3 Å². The molecule has 0 spiro atoms. The van der Waals surface area contributed by atoms with E-state index >= 15 is 0 Å². The number of carbonyl (C=O) groups excluding carboxylic acids is 1. The summed E-state index contributed by atoms with van der Waals surface area (Å²) in [6, 6.07) is 0. The van der Waals surface area contributed by atoms with Crippen LogP contribution in [0.3, 0.4) is 0 Å². The first-order chi connectivity index (χ1) is 4.24. The van der Waals surface area contributed by atoms with E-state index < -0.39 is 0 Å². The molecule has 1 rings (SSSR count). The predicted molar refractivity (Wildman–Crippen MR) is 38.5 cm³/mol. The van der Waals surface area contributed by atoms with Crippen molar-refractivity contribution in [2.24, 2.45) is 0 Å². The van der Waals surface area contributed by atoms with Crippen molar-refractivity contribution in [3.8, 4) is 0 Å². The summed E-state index contributed by atoms with van der Waals surface area (Å²) < 4.78 is 0. The quantitative estimate of drug-likeness (QED) is 0.420. The van der Waals surface area contributed by atoms with Crippen LogP contribution >= 0.6 is 25.3 Å². The van der Waals surface area contributed by atoms with E-state index in [0.29, 0.717) is 16.3 Å². The van der Waals surface area contributed by atoms with E-state index in [1.165, 1.54) is 0 Å². The topological polar surface area (TPSA) is 45.8 Å². The van der Waals surface area contributed by atoms with E-state index in [1.807, 2.05) is 0 Å². The third-order valence-corrected chi connectivity index (χ3v) is 1.62. The number of aromatic nitrogens is 2. The van der Waals surface area contributed by atoms with E-state index in [4.69, 9.17) is 0 Å². The maximum Gasteiger partial charge on any atom is 0.185 e. The fourth-order valence-electron chi connectivity index (χ4n) is 0.428. The van der Waals surface area contributed by atoms with Gasteiger partial charge in [0.1, 0.15) is 10.1 Å². The van der Waals surface area contributed by atoms with Crippen molar-refractivity contribution in [2.45, 2.75) is 10.1 Å². The number of thiol groups is 2. The van der Waals surface area contributed by atoms with Crippen LogP contribution in [0.25, 0.3) is 0 Å². The van der Waals surface area contributed by atoms with Gasteiger partial charge in [-0.1, -0.05) is 0 Å². The number of imidazole rings is 1. The number of aldehydes is 1. The van der Waals surface area contributed by atoms with Crippen LogP contribution < -0.4 is 0 Å². The van der Waals surface area contributed by atoms with Crippen molar-refractivity contribution in [1.29, 1.82) is 0 Å². The maximum absolute atomic E-state index is 10.0. The SMILES string of the molecule is O=Cc1nc(S)c(S)[nH]1. The van der Waals surface area contributed by atoms with Gasteiger partial charge in [0, 0.05) is 0 Å². The van der Waals surface area contributed by atoms with Gasteiger partial charge in [0.15, 0.2) is 12.1 Å². The molecule has 1 N–H and O–H groups in total. The van der Waals surface area contributed by atoms with Crippen LogP contribution in [0.1, 0.15) is 10.6 Å². The lowest BCUT2D eigenvalue weighted by Gasteiger charge is -1.76. The lowest BCUT2D eigenvalue weighted by Crippen LogP contribution is -1.79. The normalized spacial score (nSPS) is 9.56. The van der Waals surface area contributed by atoms with Crippen LogP contribution in [0.15, 0.2) is 10.1 Å². The molecule has 0 aliphatic rings. The van der Waals surface area contributed by atoms with Gasteiger partial charge in [0.25, 0.3) is 0 Å². The first-order valence-corrected chi connectivity index (χ1v) is 3.06. The number of carbonyl (C=O) groups is 1. The fraction of sp³-hybridized carbons (Fsp3) is 0. The zero-order valence-corrected chi connectivity index (χ0v) is 6.12. The maximum atomic E-state index is 10.0. The molecule has 0 aliphatic heterocycles. The van der Waals surface area contributed by atoms with E-state index in [2.05, 4.69) is 35.2 Å². The second kappa shape index (κ2) is 2.45. The molecular weight excluding hydrogens is 156 g/mol. The number of rotatable bonds is 1. The average Bonchev–Trinajstić information content (AvgIpc) is 2.13. The van der Waals surface area contributed by atoms with Crippen molar-refractivity contribution in [3.05, 3.63) is 5.82 Å². The summed E-state index contributed by atoms with van der Waals surface area (Å²) in [7, 11) is 0. The van der Waals surface area contributed by atoms with Crippen LogP contribution in [0, 0.1) is 0 Å². The number of nitrogens with one attached hydrogen (secondary N) is 1. The number of aromatic amines is 1. The zero-order chi connectivity index (χ0) is 6.85. The molecule has 1 aromatic heterocycles. The molecule has 0 atom stereocenters. The Morgan fingerprint density at radius 2 is 2.22 bits per heavy atom. The van der Waals surface area contributed by atoms with Crippen molar-refractivity contribution in [1.82, 2.24) is 9.97 Å². The van der Waals surface area contributed by atoms with Gasteiger partial charge >= 0.3 is 0 Å². The third kappa shape index (κ3) is 1.28. The number of nitrogens with zero attached hydrogens (tertiary/aromatic N) is 1. The molecule has 0 radical (unpaired) electrons. The fourth-order valence-corrected chi connectivity index (χ4v) is 0.756. The molecular formula is C4H4N2OS2. The van der Waals surface area contributed by atoms with E-state index in [1.54, 1.807) is 0 Å². The molecule has 3 nitrogen and oxygen atoms in total. The smallest absolute Gasteiger partial charge is 0.185 e. The average molecular weight is 160 g/mol. The highest BCUT2D eigenvalue weighted by Crippen LogP contribution is 2.12. The van der Waals surface area contributed by atoms with Crippen molar-refractivity contribution >= 4 is 31.5 Å². The largest absolute Gasteiger partial charge is 0.330 e. The first-order valence-electron chi connectivity index (χ1n) is 2.17. The van der Waals surface area contributed by atoms with Crippen molar-refractivity contribution in [2.75, 3.05) is 0 Å². The molecule has 0 aromatic carbocycles. The van der Waals surface area contributed by atoms with Crippen LogP contribution in [0.4, 0.5) is 0 Å². The monoisotopic (exact) mass is 160 g/mol. The summed E-state index contributed by atoms with van der Waals surface area (Å²) in [4.78, 5) is 16.3. The number of hydrogen-bond acceptors (Lipinski definition) is 4. The van der Waals surface area contributed by atoms with Gasteiger partial charge in [0.05, 0.1) is 0 Å². The minimum atomic E-state index is 0.255. The highest BCUT2D eigenvalue weighted by atomic mass is 32.1. The highest BCUT2D eigenvalue weighted by molar-refractivity contribution is 7.83. The first kappa shape index (κ1) is 6.70. The van der Waals surface area contributed by atoms with Crippen LogP contribution in [0.2, 0.25) is 0 Å². The Balaban J connectivity index is 3.11. The Morgan fingerprint density at radius 1 is 1.56 bits per heavy atom. The summed E-state index contributed by atoms with van der Waals surface area (Å²) in [5, 5.41) is 0.959. The minimum absolute atomic E-state index is 0.255. The standard InChI is InChI=1S/C4H4N2OS2/c7-1-2-5-3(8)4(9)6-2/h1,8-9H,(H,5,6).